The highest BCUT2D eigenvalue weighted by atomic mass is 32.2. The summed E-state index contributed by atoms with van der Waals surface area (Å²) >= 11 is 0. The van der Waals surface area contributed by atoms with Crippen LogP contribution in [-0.2, 0) is 33.4 Å². The van der Waals surface area contributed by atoms with E-state index in [-0.39, 0.29) is 12.3 Å². The van der Waals surface area contributed by atoms with E-state index in [1.54, 1.807) is 12.3 Å². The minimum atomic E-state index is -3.59. The number of rotatable bonds is 11. The Balaban J connectivity index is 1.38. The van der Waals surface area contributed by atoms with Crippen LogP contribution in [-0.4, -0.2) is 60.8 Å². The van der Waals surface area contributed by atoms with Crippen molar-refractivity contribution >= 4 is 15.7 Å². The Morgan fingerprint density at radius 3 is 2.77 bits per heavy atom. The number of carbonyl (C=O) groups excluding carboxylic acids is 1. The fraction of sp³-hybridized carbons (Fsp3) is 0.545. The number of pyridine rings is 1. The van der Waals surface area contributed by atoms with Gasteiger partial charge in [-0.15, -0.1) is 0 Å². The Labute approximate surface area is 183 Å². The van der Waals surface area contributed by atoms with Crippen LogP contribution in [0.2, 0.25) is 0 Å². The number of carbonyl (C=O) groups is 1. The molecule has 8 nitrogen and oxygen atoms in total. The summed E-state index contributed by atoms with van der Waals surface area (Å²) in [5, 5.41) is 12.7. The van der Waals surface area contributed by atoms with Gasteiger partial charge in [-0.1, -0.05) is 6.42 Å². The lowest BCUT2D eigenvalue weighted by atomic mass is 10.1. The summed E-state index contributed by atoms with van der Waals surface area (Å²) in [6.07, 6.45) is 8.59. The summed E-state index contributed by atoms with van der Waals surface area (Å²) < 4.78 is 29.0. The van der Waals surface area contributed by atoms with Gasteiger partial charge in [-0.25, -0.2) is 8.42 Å². The van der Waals surface area contributed by atoms with Crippen molar-refractivity contribution in [1.29, 1.82) is 0 Å². The highest BCUT2D eigenvalue weighted by Gasteiger charge is 2.19. The molecule has 0 bridgehead atoms. The van der Waals surface area contributed by atoms with E-state index in [1.807, 2.05) is 6.07 Å². The Kier molecular flexibility index (Phi) is 8.62. The first-order valence-corrected chi connectivity index (χ1v) is 12.5. The van der Waals surface area contributed by atoms with E-state index >= 15 is 0 Å². The van der Waals surface area contributed by atoms with Gasteiger partial charge < -0.3 is 14.8 Å². The Hall–Kier alpha value is -2.23. The van der Waals surface area contributed by atoms with Crippen LogP contribution in [0.3, 0.4) is 0 Å². The van der Waals surface area contributed by atoms with Crippen molar-refractivity contribution in [2.45, 2.75) is 50.5 Å². The molecule has 1 amide bonds. The van der Waals surface area contributed by atoms with E-state index in [0.29, 0.717) is 18.4 Å². The van der Waals surface area contributed by atoms with Crippen LogP contribution in [0.25, 0.3) is 0 Å². The predicted molar refractivity (Wildman–Crippen MR) is 117 cm³/mol. The normalized spacial score (nSPS) is 16.2. The number of hydrogen-bond acceptors (Lipinski definition) is 7. The van der Waals surface area contributed by atoms with Crippen molar-refractivity contribution in [2.24, 2.45) is 0 Å². The van der Waals surface area contributed by atoms with Crippen LogP contribution in [0.1, 0.15) is 42.5 Å². The van der Waals surface area contributed by atoms with E-state index < -0.39 is 27.6 Å². The third-order valence-electron chi connectivity index (χ3n) is 5.32. The first-order chi connectivity index (χ1) is 14.9. The number of nitrogens with one attached hydrogen (secondary N) is 1. The first-order valence-electron chi connectivity index (χ1n) is 10.7. The van der Waals surface area contributed by atoms with Crippen molar-refractivity contribution in [1.82, 2.24) is 15.2 Å². The molecule has 31 heavy (non-hydrogen) atoms. The van der Waals surface area contributed by atoms with E-state index in [2.05, 4.69) is 21.3 Å². The van der Waals surface area contributed by atoms with Gasteiger partial charge in [0.2, 0.25) is 5.91 Å². The molecule has 0 aliphatic carbocycles. The smallest absolute Gasteiger partial charge is 0.235 e. The standard InChI is InChI=1S/C22H31N3O5S/c26-21(13-24-22(27)17-31(28,29)16-19-7-11-30-15-19)5-4-20-12-18(6-8-23-20)14-25-9-2-1-3-10-25/h6-8,11-12,15,21,26H,1-5,9-10,13-14,16-17H2,(H,24,27). The number of aryl methyl sites for hydroxylation is 1. The zero-order valence-corrected chi connectivity index (χ0v) is 18.5. The van der Waals surface area contributed by atoms with E-state index in [0.717, 1.165) is 25.3 Å². The van der Waals surface area contributed by atoms with Crippen molar-refractivity contribution in [3.63, 3.8) is 0 Å². The lowest BCUT2D eigenvalue weighted by Crippen LogP contribution is -2.36. The maximum Gasteiger partial charge on any atom is 0.235 e. The van der Waals surface area contributed by atoms with Crippen LogP contribution >= 0.6 is 0 Å². The van der Waals surface area contributed by atoms with Gasteiger partial charge in [-0.05, 0) is 62.5 Å². The molecular formula is C22H31N3O5S. The lowest BCUT2D eigenvalue weighted by Gasteiger charge is -2.26. The zero-order chi connectivity index (χ0) is 22.1. The molecule has 1 atom stereocenters. The van der Waals surface area contributed by atoms with Gasteiger partial charge >= 0.3 is 0 Å². The molecule has 1 saturated heterocycles. The molecule has 1 aliphatic heterocycles. The van der Waals surface area contributed by atoms with E-state index in [9.17, 15) is 18.3 Å². The first kappa shape index (κ1) is 23.4. The van der Waals surface area contributed by atoms with Crippen molar-refractivity contribution in [3.05, 3.63) is 53.7 Å². The van der Waals surface area contributed by atoms with Gasteiger partial charge in [-0.2, -0.15) is 0 Å². The minimum Gasteiger partial charge on any atom is -0.472 e. The van der Waals surface area contributed by atoms with Crippen LogP contribution in [0, 0.1) is 0 Å². The Bertz CT molecular complexity index is 924. The van der Waals surface area contributed by atoms with E-state index in [1.165, 1.54) is 37.4 Å². The number of hydrogen-bond donors (Lipinski definition) is 2. The summed E-state index contributed by atoms with van der Waals surface area (Å²) in [6, 6.07) is 5.65. The van der Waals surface area contributed by atoms with Crippen molar-refractivity contribution in [2.75, 3.05) is 25.4 Å². The molecule has 1 unspecified atom stereocenters. The fourth-order valence-corrected chi connectivity index (χ4v) is 4.99. The van der Waals surface area contributed by atoms with E-state index in [4.69, 9.17) is 4.42 Å². The average molecular weight is 450 g/mol. The van der Waals surface area contributed by atoms with Gasteiger partial charge in [0.1, 0.15) is 5.75 Å². The van der Waals surface area contributed by atoms with Gasteiger partial charge in [-0.3, -0.25) is 14.7 Å². The topological polar surface area (TPSA) is 113 Å². The lowest BCUT2D eigenvalue weighted by molar-refractivity contribution is -0.119. The molecule has 0 spiro atoms. The molecule has 1 fully saturated rings. The number of likely N-dealkylation sites (tertiary alicyclic amines) is 1. The molecule has 2 N–H and O–H groups in total. The number of furan rings is 1. The molecule has 0 radical (unpaired) electrons. The molecule has 0 aromatic carbocycles. The van der Waals surface area contributed by atoms with Crippen LogP contribution < -0.4 is 5.32 Å². The van der Waals surface area contributed by atoms with Crippen molar-refractivity contribution < 1.29 is 22.7 Å². The molecule has 170 valence electrons. The molecule has 2 aromatic heterocycles. The molecule has 3 rings (SSSR count). The number of nitrogens with zero attached hydrogens (tertiary/aromatic N) is 2. The summed E-state index contributed by atoms with van der Waals surface area (Å²) in [6.45, 7) is 3.19. The van der Waals surface area contributed by atoms with Gasteiger partial charge in [0, 0.05) is 30.5 Å². The molecule has 9 heteroatoms. The largest absolute Gasteiger partial charge is 0.472 e. The average Bonchev–Trinajstić information content (AvgIpc) is 3.23. The Morgan fingerprint density at radius 2 is 2.03 bits per heavy atom. The maximum atomic E-state index is 12.1. The number of aromatic nitrogens is 1. The summed E-state index contributed by atoms with van der Waals surface area (Å²) in [5.41, 5.74) is 2.63. The SMILES string of the molecule is O=C(CS(=O)(=O)Cc1ccoc1)NCC(O)CCc1cc(CN2CCCCC2)ccn1. The fourth-order valence-electron chi connectivity index (χ4n) is 3.72. The monoisotopic (exact) mass is 449 g/mol. The maximum absolute atomic E-state index is 12.1. The summed E-state index contributed by atoms with van der Waals surface area (Å²) in [7, 11) is -3.59. The van der Waals surface area contributed by atoms with Gasteiger partial charge in [0.05, 0.1) is 24.4 Å². The highest BCUT2D eigenvalue weighted by Crippen LogP contribution is 2.14. The second kappa shape index (κ2) is 11.4. The highest BCUT2D eigenvalue weighted by molar-refractivity contribution is 7.91. The minimum absolute atomic E-state index is 0.00747. The van der Waals surface area contributed by atoms with Crippen LogP contribution in [0.4, 0.5) is 0 Å². The predicted octanol–water partition coefficient (Wildman–Crippen LogP) is 1.69. The van der Waals surface area contributed by atoms with Crippen LogP contribution in [0.15, 0.2) is 41.3 Å². The van der Waals surface area contributed by atoms with Gasteiger partial charge in [0.15, 0.2) is 9.84 Å². The number of aliphatic hydroxyl groups is 1. The van der Waals surface area contributed by atoms with Crippen LogP contribution in [0.5, 0.6) is 0 Å². The number of piperidine rings is 1. The number of aliphatic hydroxyl groups excluding tert-OH is 1. The third-order valence-corrected chi connectivity index (χ3v) is 6.80. The molecular weight excluding hydrogens is 418 g/mol. The third kappa shape index (κ3) is 8.43. The number of sulfone groups is 1. The van der Waals surface area contributed by atoms with Gasteiger partial charge in [0.25, 0.3) is 0 Å². The number of amides is 1. The molecule has 3 heterocycles. The summed E-state index contributed by atoms with van der Waals surface area (Å²) in [4.78, 5) is 18.8. The van der Waals surface area contributed by atoms with Crippen molar-refractivity contribution in [3.8, 4) is 0 Å². The Morgan fingerprint density at radius 1 is 1.23 bits per heavy atom. The molecule has 1 aliphatic rings. The molecule has 0 saturated carbocycles. The zero-order valence-electron chi connectivity index (χ0n) is 17.7. The summed E-state index contributed by atoms with van der Waals surface area (Å²) in [5.74, 6) is -1.49. The second-order valence-corrected chi connectivity index (χ2v) is 10.2. The quantitative estimate of drug-likeness (QED) is 0.537. The second-order valence-electron chi connectivity index (χ2n) is 8.15. The molecule has 2 aromatic rings.